The molecule has 2 aliphatic rings. The number of nitrogens with two attached hydrogens (primary N) is 1. The maximum atomic E-state index is 11.7. The van der Waals surface area contributed by atoms with Gasteiger partial charge in [-0.2, -0.15) is 0 Å². The molecule has 0 saturated heterocycles. The molecule has 2 saturated carbocycles. The minimum absolute atomic E-state index is 0.121. The summed E-state index contributed by atoms with van der Waals surface area (Å²) >= 11 is 0. The summed E-state index contributed by atoms with van der Waals surface area (Å²) in [5.41, 5.74) is 5.56. The first-order valence-electron chi connectivity index (χ1n) is 6.26. The van der Waals surface area contributed by atoms with Gasteiger partial charge < -0.3 is 16.2 Å². The van der Waals surface area contributed by atoms with Crippen molar-refractivity contribution in [2.75, 3.05) is 0 Å². The molecule has 2 bridgehead atoms. The van der Waals surface area contributed by atoms with E-state index >= 15 is 0 Å². The van der Waals surface area contributed by atoms with Gasteiger partial charge in [0.2, 0.25) is 5.91 Å². The average molecular weight is 240 g/mol. The Kier molecular flexibility index (Phi) is 3.38. The molecular weight excluding hydrogens is 220 g/mol. The van der Waals surface area contributed by atoms with Gasteiger partial charge in [0.05, 0.1) is 5.92 Å². The molecule has 5 atom stereocenters. The van der Waals surface area contributed by atoms with Crippen LogP contribution in [0.5, 0.6) is 0 Å². The smallest absolute Gasteiger partial charge is 0.308 e. The largest absolute Gasteiger partial charge is 0.481 e. The Bertz CT molecular complexity index is 330. The van der Waals surface area contributed by atoms with E-state index in [-0.39, 0.29) is 30.3 Å². The van der Waals surface area contributed by atoms with Crippen LogP contribution in [-0.4, -0.2) is 29.1 Å². The third-order valence-corrected chi connectivity index (χ3v) is 4.04. The molecule has 5 unspecified atom stereocenters. The van der Waals surface area contributed by atoms with Crippen molar-refractivity contribution in [1.82, 2.24) is 5.32 Å². The van der Waals surface area contributed by atoms with Gasteiger partial charge in [-0.25, -0.2) is 0 Å². The van der Waals surface area contributed by atoms with Crippen LogP contribution in [0.4, 0.5) is 0 Å². The zero-order chi connectivity index (χ0) is 12.6. The standard InChI is InChI=1S/C12H20N2O3/c1-6(13)4-9(15)14-11-8-3-2-7(5-8)10(11)12(16)17/h6-8,10-11H,2-5,13H2,1H3,(H,14,15)(H,16,17). The second-order valence-electron chi connectivity index (χ2n) is 5.47. The molecule has 96 valence electrons. The molecule has 2 fully saturated rings. The fourth-order valence-corrected chi connectivity index (χ4v) is 3.39. The minimum Gasteiger partial charge on any atom is -0.481 e. The monoisotopic (exact) mass is 240 g/mol. The molecule has 5 nitrogen and oxygen atoms in total. The van der Waals surface area contributed by atoms with Crippen LogP contribution in [0.1, 0.15) is 32.6 Å². The van der Waals surface area contributed by atoms with Crippen LogP contribution in [0.15, 0.2) is 0 Å². The fourth-order valence-electron chi connectivity index (χ4n) is 3.39. The third-order valence-electron chi connectivity index (χ3n) is 4.04. The van der Waals surface area contributed by atoms with Gasteiger partial charge in [-0.1, -0.05) is 0 Å². The van der Waals surface area contributed by atoms with Crippen LogP contribution in [0.25, 0.3) is 0 Å². The first-order valence-corrected chi connectivity index (χ1v) is 6.26. The van der Waals surface area contributed by atoms with Crippen LogP contribution >= 0.6 is 0 Å². The lowest BCUT2D eigenvalue weighted by molar-refractivity contribution is -0.144. The van der Waals surface area contributed by atoms with Gasteiger partial charge in [-0.05, 0) is 38.0 Å². The van der Waals surface area contributed by atoms with E-state index in [1.165, 1.54) is 0 Å². The highest BCUT2D eigenvalue weighted by molar-refractivity contribution is 5.79. The van der Waals surface area contributed by atoms with Gasteiger partial charge in [-0.15, -0.1) is 0 Å². The lowest BCUT2D eigenvalue weighted by atomic mass is 9.84. The van der Waals surface area contributed by atoms with Crippen molar-refractivity contribution >= 4 is 11.9 Å². The summed E-state index contributed by atoms with van der Waals surface area (Å²) in [4.78, 5) is 22.9. The van der Waals surface area contributed by atoms with Crippen molar-refractivity contribution < 1.29 is 14.7 Å². The first kappa shape index (κ1) is 12.4. The van der Waals surface area contributed by atoms with E-state index in [2.05, 4.69) is 5.32 Å². The number of aliphatic carboxylic acids is 1. The number of amides is 1. The van der Waals surface area contributed by atoms with Gasteiger partial charge in [0.15, 0.2) is 0 Å². The quantitative estimate of drug-likeness (QED) is 0.660. The predicted molar refractivity (Wildman–Crippen MR) is 62.2 cm³/mol. The summed E-state index contributed by atoms with van der Waals surface area (Å²) < 4.78 is 0. The van der Waals surface area contributed by atoms with Crippen molar-refractivity contribution in [2.45, 2.75) is 44.7 Å². The summed E-state index contributed by atoms with van der Waals surface area (Å²) in [7, 11) is 0. The first-order chi connectivity index (χ1) is 7.99. The summed E-state index contributed by atoms with van der Waals surface area (Å²) in [6.07, 6.45) is 3.24. The molecule has 0 spiro atoms. The Balaban J connectivity index is 1.99. The SMILES string of the molecule is CC(N)CC(=O)NC1C2CCC(C2)C1C(=O)O. The second kappa shape index (κ2) is 4.64. The third kappa shape index (κ3) is 2.44. The van der Waals surface area contributed by atoms with Crippen LogP contribution < -0.4 is 11.1 Å². The topological polar surface area (TPSA) is 92.4 Å². The lowest BCUT2D eigenvalue weighted by Gasteiger charge is -2.29. The van der Waals surface area contributed by atoms with E-state index in [4.69, 9.17) is 5.73 Å². The van der Waals surface area contributed by atoms with Gasteiger partial charge in [0.1, 0.15) is 0 Å². The molecule has 4 N–H and O–H groups in total. The number of carboxylic acids is 1. The fraction of sp³-hybridized carbons (Fsp3) is 0.833. The number of hydrogen-bond acceptors (Lipinski definition) is 3. The predicted octanol–water partition coefficient (Wildman–Crippen LogP) is 0.339. The van der Waals surface area contributed by atoms with Crippen molar-refractivity contribution in [1.29, 1.82) is 0 Å². The minimum atomic E-state index is -0.775. The molecule has 0 aromatic carbocycles. The number of carbonyl (C=O) groups is 2. The van der Waals surface area contributed by atoms with E-state index in [9.17, 15) is 14.7 Å². The summed E-state index contributed by atoms with van der Waals surface area (Å²) in [5, 5.41) is 12.1. The van der Waals surface area contributed by atoms with E-state index in [0.29, 0.717) is 5.92 Å². The van der Waals surface area contributed by atoms with E-state index < -0.39 is 11.9 Å². The molecule has 5 heteroatoms. The number of nitrogens with one attached hydrogen (secondary N) is 1. The zero-order valence-corrected chi connectivity index (χ0v) is 10.1. The van der Waals surface area contributed by atoms with Gasteiger partial charge in [-0.3, -0.25) is 9.59 Å². The highest BCUT2D eigenvalue weighted by Crippen LogP contribution is 2.48. The molecule has 0 radical (unpaired) electrons. The molecule has 0 aromatic heterocycles. The normalized spacial score (nSPS) is 36.8. The molecule has 17 heavy (non-hydrogen) atoms. The molecule has 0 aliphatic heterocycles. The molecule has 0 aromatic rings. The van der Waals surface area contributed by atoms with E-state index in [1.807, 2.05) is 0 Å². The maximum absolute atomic E-state index is 11.7. The number of rotatable bonds is 4. The number of carbonyl (C=O) groups excluding carboxylic acids is 1. The Morgan fingerprint density at radius 2 is 2.06 bits per heavy atom. The van der Waals surface area contributed by atoms with Crippen molar-refractivity contribution in [3.63, 3.8) is 0 Å². The van der Waals surface area contributed by atoms with Gasteiger partial charge in [0.25, 0.3) is 0 Å². The second-order valence-corrected chi connectivity index (χ2v) is 5.47. The Labute approximate surface area is 101 Å². The molecule has 2 aliphatic carbocycles. The lowest BCUT2D eigenvalue weighted by Crippen LogP contribution is -2.47. The summed E-state index contributed by atoms with van der Waals surface area (Å²) in [5.74, 6) is -0.700. The van der Waals surface area contributed by atoms with Crippen LogP contribution in [-0.2, 0) is 9.59 Å². The number of carboxylic acid groups (broad SMARTS) is 1. The van der Waals surface area contributed by atoms with Crippen molar-refractivity contribution in [3.8, 4) is 0 Å². The Hall–Kier alpha value is -1.10. The van der Waals surface area contributed by atoms with Crippen molar-refractivity contribution in [2.24, 2.45) is 23.5 Å². The number of fused-ring (bicyclic) bond motifs is 2. The van der Waals surface area contributed by atoms with Crippen LogP contribution in [0.3, 0.4) is 0 Å². The molecule has 2 rings (SSSR count). The van der Waals surface area contributed by atoms with E-state index in [0.717, 1.165) is 19.3 Å². The van der Waals surface area contributed by atoms with Gasteiger partial charge >= 0.3 is 5.97 Å². The van der Waals surface area contributed by atoms with Crippen LogP contribution in [0, 0.1) is 17.8 Å². The number of hydrogen-bond donors (Lipinski definition) is 3. The van der Waals surface area contributed by atoms with Crippen molar-refractivity contribution in [3.05, 3.63) is 0 Å². The van der Waals surface area contributed by atoms with Crippen LogP contribution in [0.2, 0.25) is 0 Å². The van der Waals surface area contributed by atoms with E-state index in [1.54, 1.807) is 6.92 Å². The molecule has 0 heterocycles. The highest BCUT2D eigenvalue weighted by atomic mass is 16.4. The summed E-state index contributed by atoms with van der Waals surface area (Å²) in [6.45, 7) is 1.77. The molecule has 1 amide bonds. The Morgan fingerprint density at radius 3 is 2.65 bits per heavy atom. The highest BCUT2D eigenvalue weighted by Gasteiger charge is 2.51. The zero-order valence-electron chi connectivity index (χ0n) is 10.1. The van der Waals surface area contributed by atoms with Gasteiger partial charge in [0, 0.05) is 18.5 Å². The Morgan fingerprint density at radius 1 is 1.41 bits per heavy atom. The average Bonchev–Trinajstić information content (AvgIpc) is 2.75. The molecular formula is C12H20N2O3. The maximum Gasteiger partial charge on any atom is 0.308 e. The summed E-state index contributed by atoms with van der Waals surface area (Å²) in [6, 6.07) is -0.366.